The molecule has 0 aromatic heterocycles. The van der Waals surface area contributed by atoms with E-state index in [-0.39, 0.29) is 6.17 Å². The summed E-state index contributed by atoms with van der Waals surface area (Å²) in [7, 11) is 5.58. The van der Waals surface area contributed by atoms with Gasteiger partial charge >= 0.3 is 0 Å². The van der Waals surface area contributed by atoms with Gasteiger partial charge < -0.3 is 4.74 Å². The molecule has 4 nitrogen and oxygen atoms in total. The molecule has 0 aliphatic rings. The molecule has 1 unspecified atom stereocenters. The Balaban J connectivity index is 2.92. The summed E-state index contributed by atoms with van der Waals surface area (Å²) in [4.78, 5) is 1.99. The summed E-state index contributed by atoms with van der Waals surface area (Å²) in [5, 5.41) is 0. The molecule has 0 radical (unpaired) electrons. The van der Waals surface area contributed by atoms with Crippen LogP contribution >= 0.6 is 0 Å². The number of hydrazine groups is 1. The van der Waals surface area contributed by atoms with E-state index in [1.807, 2.05) is 43.3 Å². The molecule has 4 heteroatoms. The number of methoxy groups -OCH3 is 1. The molecule has 1 aromatic rings. The normalized spacial score (nSPS) is 12.9. The fourth-order valence-electron chi connectivity index (χ4n) is 1.36. The largest absolute Gasteiger partial charge is 0.497 e. The zero-order chi connectivity index (χ0) is 10.6. The predicted octanol–water partition coefficient (Wildman–Crippen LogP) is 0.719. The molecule has 0 saturated carbocycles. The Hall–Kier alpha value is -1.10. The van der Waals surface area contributed by atoms with Gasteiger partial charge in [-0.3, -0.25) is 10.7 Å². The van der Waals surface area contributed by atoms with E-state index in [1.165, 1.54) is 0 Å². The van der Waals surface area contributed by atoms with Crippen LogP contribution in [0.3, 0.4) is 0 Å². The van der Waals surface area contributed by atoms with Gasteiger partial charge in [0.2, 0.25) is 0 Å². The minimum Gasteiger partial charge on any atom is -0.497 e. The van der Waals surface area contributed by atoms with Crippen LogP contribution in [0.4, 0.5) is 0 Å². The van der Waals surface area contributed by atoms with Crippen molar-refractivity contribution in [2.75, 3.05) is 21.2 Å². The highest BCUT2D eigenvalue weighted by atomic mass is 16.5. The van der Waals surface area contributed by atoms with Gasteiger partial charge in [-0.2, -0.15) is 0 Å². The summed E-state index contributed by atoms with van der Waals surface area (Å²) < 4.78 is 5.14. The van der Waals surface area contributed by atoms with Crippen molar-refractivity contribution in [2.45, 2.75) is 6.17 Å². The molecule has 1 aromatic carbocycles. The van der Waals surface area contributed by atoms with Crippen LogP contribution < -0.4 is 16.0 Å². The number of nitrogens with one attached hydrogen (secondary N) is 1. The number of benzene rings is 1. The number of hydrogen-bond donors (Lipinski definition) is 2. The molecule has 0 bridgehead atoms. The first-order chi connectivity index (χ1) is 6.69. The van der Waals surface area contributed by atoms with E-state index in [2.05, 4.69) is 5.43 Å². The lowest BCUT2D eigenvalue weighted by molar-refractivity contribution is 0.252. The van der Waals surface area contributed by atoms with Crippen molar-refractivity contribution < 1.29 is 4.74 Å². The van der Waals surface area contributed by atoms with Crippen LogP contribution in [0, 0.1) is 0 Å². The average Bonchev–Trinajstić information content (AvgIpc) is 2.19. The quantitative estimate of drug-likeness (QED) is 0.422. The summed E-state index contributed by atoms with van der Waals surface area (Å²) in [5.74, 6) is 6.30. The molecule has 0 heterocycles. The maximum Gasteiger partial charge on any atom is 0.119 e. The minimum absolute atomic E-state index is 0.00472. The summed E-state index contributed by atoms with van der Waals surface area (Å²) in [6.07, 6.45) is 0.00472. The average molecular weight is 195 g/mol. The van der Waals surface area contributed by atoms with Gasteiger partial charge in [-0.05, 0) is 31.8 Å². The summed E-state index contributed by atoms with van der Waals surface area (Å²) in [6.45, 7) is 0. The van der Waals surface area contributed by atoms with E-state index in [1.54, 1.807) is 7.11 Å². The monoisotopic (exact) mass is 195 g/mol. The minimum atomic E-state index is 0.00472. The van der Waals surface area contributed by atoms with Gasteiger partial charge in [0.05, 0.1) is 13.3 Å². The third kappa shape index (κ3) is 2.45. The lowest BCUT2D eigenvalue weighted by Crippen LogP contribution is -2.37. The Labute approximate surface area is 84.6 Å². The molecule has 1 rings (SSSR count). The highest BCUT2D eigenvalue weighted by Gasteiger charge is 2.11. The first-order valence-electron chi connectivity index (χ1n) is 4.45. The summed E-state index contributed by atoms with van der Waals surface area (Å²) in [6, 6.07) is 7.83. The molecule has 14 heavy (non-hydrogen) atoms. The Morgan fingerprint density at radius 2 is 2.14 bits per heavy atom. The molecule has 0 amide bonds. The van der Waals surface area contributed by atoms with Crippen molar-refractivity contribution in [1.29, 1.82) is 0 Å². The van der Waals surface area contributed by atoms with Crippen LogP contribution in [0.5, 0.6) is 5.75 Å². The van der Waals surface area contributed by atoms with Crippen molar-refractivity contribution in [1.82, 2.24) is 10.3 Å². The molecule has 0 fully saturated rings. The van der Waals surface area contributed by atoms with E-state index >= 15 is 0 Å². The highest BCUT2D eigenvalue weighted by Crippen LogP contribution is 2.19. The number of nitrogens with two attached hydrogens (primary N) is 1. The van der Waals surface area contributed by atoms with Crippen LogP contribution in [0.15, 0.2) is 24.3 Å². The Bertz CT molecular complexity index is 288. The fourth-order valence-corrected chi connectivity index (χ4v) is 1.36. The Kier molecular flexibility index (Phi) is 3.88. The topological polar surface area (TPSA) is 50.5 Å². The number of hydrogen-bond acceptors (Lipinski definition) is 4. The highest BCUT2D eigenvalue weighted by molar-refractivity contribution is 5.30. The van der Waals surface area contributed by atoms with Crippen LogP contribution in [-0.2, 0) is 0 Å². The maximum absolute atomic E-state index is 5.46. The second-order valence-corrected chi connectivity index (χ2v) is 3.31. The van der Waals surface area contributed by atoms with Crippen LogP contribution in [0.1, 0.15) is 11.7 Å². The van der Waals surface area contributed by atoms with E-state index in [4.69, 9.17) is 10.6 Å². The Morgan fingerprint density at radius 1 is 1.43 bits per heavy atom. The number of nitrogens with zero attached hydrogens (tertiary/aromatic N) is 1. The van der Waals surface area contributed by atoms with Crippen molar-refractivity contribution in [3.8, 4) is 5.75 Å². The molecule has 1 atom stereocenters. The van der Waals surface area contributed by atoms with Gasteiger partial charge in [-0.15, -0.1) is 0 Å². The third-order valence-corrected chi connectivity index (χ3v) is 2.08. The second kappa shape index (κ2) is 4.95. The molecule has 78 valence electrons. The van der Waals surface area contributed by atoms with Gasteiger partial charge in [0, 0.05) is 0 Å². The zero-order valence-corrected chi connectivity index (χ0v) is 8.82. The third-order valence-electron chi connectivity index (χ3n) is 2.08. The fraction of sp³-hybridized carbons (Fsp3) is 0.400. The first kappa shape index (κ1) is 11.0. The molecule has 0 aliphatic heterocycles. The smallest absolute Gasteiger partial charge is 0.119 e. The van der Waals surface area contributed by atoms with Crippen molar-refractivity contribution >= 4 is 0 Å². The lowest BCUT2D eigenvalue weighted by Gasteiger charge is -2.23. The molecule has 0 spiro atoms. The van der Waals surface area contributed by atoms with Crippen molar-refractivity contribution in [2.24, 2.45) is 5.84 Å². The SMILES string of the molecule is COc1cccc(C(NN)N(C)C)c1. The van der Waals surface area contributed by atoms with Crippen LogP contribution in [0.25, 0.3) is 0 Å². The Morgan fingerprint density at radius 3 is 2.64 bits per heavy atom. The molecular formula is C10H17N3O. The van der Waals surface area contributed by atoms with E-state index in [0.29, 0.717) is 0 Å². The van der Waals surface area contributed by atoms with E-state index in [9.17, 15) is 0 Å². The second-order valence-electron chi connectivity index (χ2n) is 3.31. The molecule has 3 N–H and O–H groups in total. The van der Waals surface area contributed by atoms with Gasteiger partial charge in [0.1, 0.15) is 5.75 Å². The van der Waals surface area contributed by atoms with Crippen LogP contribution in [0.2, 0.25) is 0 Å². The maximum atomic E-state index is 5.46. The predicted molar refractivity (Wildman–Crippen MR) is 56.7 cm³/mol. The van der Waals surface area contributed by atoms with Gasteiger partial charge in [-0.25, -0.2) is 5.43 Å². The van der Waals surface area contributed by atoms with Gasteiger partial charge in [0.15, 0.2) is 0 Å². The first-order valence-corrected chi connectivity index (χ1v) is 4.45. The summed E-state index contributed by atoms with van der Waals surface area (Å²) >= 11 is 0. The molecule has 0 saturated heterocycles. The molecular weight excluding hydrogens is 178 g/mol. The van der Waals surface area contributed by atoms with Gasteiger partial charge in [0.25, 0.3) is 0 Å². The lowest BCUT2D eigenvalue weighted by atomic mass is 10.1. The van der Waals surface area contributed by atoms with Gasteiger partial charge in [-0.1, -0.05) is 12.1 Å². The van der Waals surface area contributed by atoms with Crippen LogP contribution in [-0.4, -0.2) is 26.1 Å². The van der Waals surface area contributed by atoms with E-state index in [0.717, 1.165) is 11.3 Å². The van der Waals surface area contributed by atoms with Crippen molar-refractivity contribution in [3.05, 3.63) is 29.8 Å². The summed E-state index contributed by atoms with van der Waals surface area (Å²) in [5.41, 5.74) is 3.82. The number of ether oxygens (including phenoxy) is 1. The van der Waals surface area contributed by atoms with Crippen molar-refractivity contribution in [3.63, 3.8) is 0 Å². The number of rotatable bonds is 4. The molecule has 0 aliphatic carbocycles. The standard InChI is InChI=1S/C10H17N3O/c1-13(2)10(12-11)8-5-4-6-9(7-8)14-3/h4-7,10,12H,11H2,1-3H3. The zero-order valence-electron chi connectivity index (χ0n) is 8.82. The van der Waals surface area contributed by atoms with E-state index < -0.39 is 0 Å².